The van der Waals surface area contributed by atoms with Crippen LogP contribution in [0.5, 0.6) is 0 Å². The third-order valence-electron chi connectivity index (χ3n) is 1.43. The van der Waals surface area contributed by atoms with Gasteiger partial charge in [-0.15, -0.1) is 0 Å². The van der Waals surface area contributed by atoms with E-state index in [9.17, 15) is 0 Å². The second kappa shape index (κ2) is 4.52. The minimum absolute atomic E-state index is 0.707. The van der Waals surface area contributed by atoms with Crippen molar-refractivity contribution in [1.29, 1.82) is 0 Å². The maximum absolute atomic E-state index is 4.27. The lowest BCUT2D eigenvalue weighted by atomic mass is 10.5. The van der Waals surface area contributed by atoms with Crippen LogP contribution in [-0.4, -0.2) is 15.0 Å². The van der Waals surface area contributed by atoms with E-state index in [1.807, 2.05) is 18.2 Å². The van der Waals surface area contributed by atoms with Crippen molar-refractivity contribution in [2.24, 2.45) is 0 Å². The van der Waals surface area contributed by atoms with E-state index in [0.29, 0.717) is 5.16 Å². The van der Waals surface area contributed by atoms with Gasteiger partial charge in [0, 0.05) is 12.4 Å². The van der Waals surface area contributed by atoms with Crippen LogP contribution < -0.4 is 0 Å². The molecule has 0 radical (unpaired) electrons. The van der Waals surface area contributed by atoms with Gasteiger partial charge in [0.15, 0.2) is 5.16 Å². The van der Waals surface area contributed by atoms with Crippen LogP contribution in [0.1, 0.15) is 0 Å². The summed E-state index contributed by atoms with van der Waals surface area (Å²) < 4.78 is 0.818. The Morgan fingerprint density at radius 2 is 1.86 bits per heavy atom. The summed E-state index contributed by atoms with van der Waals surface area (Å²) in [7, 11) is 0. The van der Waals surface area contributed by atoms with Gasteiger partial charge in [-0.2, -0.15) is 0 Å². The van der Waals surface area contributed by atoms with Gasteiger partial charge in [0.1, 0.15) is 9.63 Å². The van der Waals surface area contributed by atoms with Gasteiger partial charge in [-0.3, -0.25) is 0 Å². The van der Waals surface area contributed by atoms with Gasteiger partial charge in [-0.1, -0.05) is 6.07 Å². The van der Waals surface area contributed by atoms with Crippen LogP contribution in [0, 0.1) is 0 Å². The topological polar surface area (TPSA) is 38.7 Å². The molecule has 0 aliphatic rings. The molecule has 0 N–H and O–H groups in total. The lowest BCUT2D eigenvalue weighted by Gasteiger charge is -1.98. The van der Waals surface area contributed by atoms with Crippen molar-refractivity contribution in [3.63, 3.8) is 0 Å². The molecule has 70 valence electrons. The van der Waals surface area contributed by atoms with Crippen LogP contribution in [0.3, 0.4) is 0 Å². The first-order chi connectivity index (χ1) is 6.84. The lowest BCUT2D eigenvalue weighted by molar-refractivity contribution is 0.958. The molecule has 5 heteroatoms. The fourth-order valence-electron chi connectivity index (χ4n) is 0.878. The number of rotatable bonds is 2. The molecule has 0 spiro atoms. The van der Waals surface area contributed by atoms with E-state index in [4.69, 9.17) is 0 Å². The molecule has 0 unspecified atom stereocenters. The molecule has 0 amide bonds. The molecule has 0 aliphatic heterocycles. The maximum atomic E-state index is 4.27. The van der Waals surface area contributed by atoms with Crippen molar-refractivity contribution in [1.82, 2.24) is 15.0 Å². The Bertz CT molecular complexity index is 421. The smallest absolute Gasteiger partial charge is 0.193 e. The first kappa shape index (κ1) is 9.61. The van der Waals surface area contributed by atoms with Crippen LogP contribution in [0.25, 0.3) is 0 Å². The normalized spacial score (nSPS) is 10.1. The Morgan fingerprint density at radius 3 is 2.57 bits per heavy atom. The largest absolute Gasteiger partial charge is 0.234 e. The predicted octanol–water partition coefficient (Wildman–Crippen LogP) is 2.79. The van der Waals surface area contributed by atoms with E-state index in [1.165, 1.54) is 11.8 Å². The molecule has 0 bridgehead atoms. The maximum Gasteiger partial charge on any atom is 0.193 e. The Hall–Kier alpha value is -0.940. The zero-order valence-corrected chi connectivity index (χ0v) is 9.49. The van der Waals surface area contributed by atoms with Crippen molar-refractivity contribution < 1.29 is 0 Å². The van der Waals surface area contributed by atoms with E-state index >= 15 is 0 Å². The minimum Gasteiger partial charge on any atom is -0.234 e. The summed E-state index contributed by atoms with van der Waals surface area (Å²) in [4.78, 5) is 12.5. The highest BCUT2D eigenvalue weighted by Gasteiger charge is 2.00. The molecule has 3 nitrogen and oxygen atoms in total. The molecule has 0 atom stereocenters. The zero-order chi connectivity index (χ0) is 9.80. The molecule has 14 heavy (non-hydrogen) atoms. The van der Waals surface area contributed by atoms with E-state index in [2.05, 4.69) is 30.9 Å². The monoisotopic (exact) mass is 267 g/mol. The number of nitrogens with zero attached hydrogens (tertiary/aromatic N) is 3. The van der Waals surface area contributed by atoms with Crippen molar-refractivity contribution in [2.75, 3.05) is 0 Å². The number of hydrogen-bond donors (Lipinski definition) is 0. The van der Waals surface area contributed by atoms with Gasteiger partial charge in [0.05, 0.1) is 0 Å². The third kappa shape index (κ3) is 2.52. The van der Waals surface area contributed by atoms with Crippen molar-refractivity contribution in [3.8, 4) is 0 Å². The van der Waals surface area contributed by atoms with E-state index in [-0.39, 0.29) is 0 Å². The molecular formula is C9H6BrN3S. The van der Waals surface area contributed by atoms with Crippen molar-refractivity contribution in [2.45, 2.75) is 10.2 Å². The van der Waals surface area contributed by atoms with E-state index < -0.39 is 0 Å². The molecule has 2 aromatic rings. The van der Waals surface area contributed by atoms with Gasteiger partial charge in [0.25, 0.3) is 0 Å². The number of aromatic nitrogens is 3. The Balaban J connectivity index is 2.19. The average molecular weight is 268 g/mol. The quantitative estimate of drug-likeness (QED) is 0.620. The predicted molar refractivity (Wildman–Crippen MR) is 58.1 cm³/mol. The highest BCUT2D eigenvalue weighted by atomic mass is 79.9. The Kier molecular flexibility index (Phi) is 3.10. The third-order valence-corrected chi connectivity index (χ3v) is 2.70. The molecule has 0 aromatic carbocycles. The fraction of sp³-hybridized carbons (Fsp3) is 0. The summed E-state index contributed by atoms with van der Waals surface area (Å²) in [5.41, 5.74) is 0. The van der Waals surface area contributed by atoms with Gasteiger partial charge in [0.2, 0.25) is 0 Å². The minimum atomic E-state index is 0.707. The van der Waals surface area contributed by atoms with Crippen LogP contribution in [0.2, 0.25) is 0 Å². The second-order valence-corrected chi connectivity index (χ2v) is 4.23. The first-order valence-corrected chi connectivity index (χ1v) is 5.53. The molecule has 0 saturated carbocycles. The van der Waals surface area contributed by atoms with Crippen LogP contribution in [0.15, 0.2) is 51.4 Å². The standard InChI is InChI=1S/C9H6BrN3S/c10-7-3-1-4-8(13-7)14-9-11-5-2-6-12-9/h1-6H. The molecule has 2 rings (SSSR count). The summed E-state index contributed by atoms with van der Waals surface area (Å²) >= 11 is 4.75. The fourth-order valence-corrected chi connectivity index (χ4v) is 2.04. The first-order valence-electron chi connectivity index (χ1n) is 3.92. The molecule has 0 aliphatic carbocycles. The van der Waals surface area contributed by atoms with Crippen molar-refractivity contribution in [3.05, 3.63) is 41.3 Å². The van der Waals surface area contributed by atoms with Gasteiger partial charge in [-0.25, -0.2) is 15.0 Å². The molecule has 0 fully saturated rings. The van der Waals surface area contributed by atoms with Gasteiger partial charge in [-0.05, 0) is 45.9 Å². The highest BCUT2D eigenvalue weighted by molar-refractivity contribution is 9.10. The zero-order valence-electron chi connectivity index (χ0n) is 7.09. The second-order valence-electron chi connectivity index (χ2n) is 2.43. The number of pyridine rings is 1. The molecule has 2 aromatic heterocycles. The summed E-state index contributed by atoms with van der Waals surface area (Å²) in [5.74, 6) is 0. The van der Waals surface area contributed by atoms with Gasteiger partial charge >= 0.3 is 0 Å². The summed E-state index contributed by atoms with van der Waals surface area (Å²) in [5, 5.41) is 1.59. The van der Waals surface area contributed by atoms with Gasteiger partial charge < -0.3 is 0 Å². The summed E-state index contributed by atoms with van der Waals surface area (Å²) in [6.07, 6.45) is 3.43. The van der Waals surface area contributed by atoms with Crippen LogP contribution >= 0.6 is 27.7 Å². The van der Waals surface area contributed by atoms with E-state index in [1.54, 1.807) is 18.5 Å². The number of halogens is 1. The summed E-state index contributed by atoms with van der Waals surface area (Å²) in [6.45, 7) is 0. The Labute approximate surface area is 94.1 Å². The SMILES string of the molecule is Brc1cccc(Sc2ncccn2)n1. The lowest BCUT2D eigenvalue weighted by Crippen LogP contribution is -1.85. The molecule has 2 heterocycles. The highest BCUT2D eigenvalue weighted by Crippen LogP contribution is 2.22. The Morgan fingerprint density at radius 1 is 1.07 bits per heavy atom. The molecular weight excluding hydrogens is 262 g/mol. The number of hydrogen-bond acceptors (Lipinski definition) is 4. The van der Waals surface area contributed by atoms with E-state index in [0.717, 1.165) is 9.63 Å². The average Bonchev–Trinajstić information content (AvgIpc) is 2.19. The van der Waals surface area contributed by atoms with Crippen LogP contribution in [-0.2, 0) is 0 Å². The summed E-state index contributed by atoms with van der Waals surface area (Å²) in [6, 6.07) is 7.53. The van der Waals surface area contributed by atoms with Crippen LogP contribution in [0.4, 0.5) is 0 Å². The molecule has 0 saturated heterocycles. The van der Waals surface area contributed by atoms with Crippen molar-refractivity contribution >= 4 is 27.7 Å².